The lowest BCUT2D eigenvalue weighted by Crippen LogP contribution is -2.46. The number of hydrogen-bond donors (Lipinski definition) is 2. The Labute approximate surface area is 108 Å². The van der Waals surface area contributed by atoms with Crippen LogP contribution in [-0.2, 0) is 0 Å². The largest absolute Gasteiger partial charge is 0.338 e. The number of likely N-dealkylation sites (tertiary alicyclic amines) is 1. The first-order chi connectivity index (χ1) is 8.81. The third kappa shape index (κ3) is 3.78. The maximum Gasteiger partial charge on any atom is 0.255 e. The maximum absolute atomic E-state index is 12.0. The molecule has 1 aromatic rings. The van der Waals surface area contributed by atoms with Crippen molar-refractivity contribution in [3.63, 3.8) is 0 Å². The van der Waals surface area contributed by atoms with Crippen molar-refractivity contribution in [3.05, 3.63) is 30.1 Å². The van der Waals surface area contributed by atoms with Gasteiger partial charge in [-0.2, -0.15) is 0 Å². The van der Waals surface area contributed by atoms with Gasteiger partial charge in [0.2, 0.25) is 0 Å². The van der Waals surface area contributed by atoms with Gasteiger partial charge >= 0.3 is 0 Å². The molecule has 1 aliphatic rings. The SMILES string of the molecule is CC.NNC1CCN(C(=O)c2cccnc2)CC1. The lowest BCUT2D eigenvalue weighted by atomic mass is 10.1. The molecule has 1 fully saturated rings. The van der Waals surface area contributed by atoms with Crippen LogP contribution in [0.25, 0.3) is 0 Å². The molecule has 2 heterocycles. The lowest BCUT2D eigenvalue weighted by Gasteiger charge is -2.31. The molecule has 0 aliphatic carbocycles. The number of aromatic nitrogens is 1. The highest BCUT2D eigenvalue weighted by atomic mass is 16.2. The number of hydrogen-bond acceptors (Lipinski definition) is 4. The molecular formula is C13H22N4O. The minimum absolute atomic E-state index is 0.0589. The summed E-state index contributed by atoms with van der Waals surface area (Å²) in [4.78, 5) is 17.8. The van der Waals surface area contributed by atoms with Gasteiger partial charge in [-0.25, -0.2) is 0 Å². The Morgan fingerprint density at radius 2 is 2.11 bits per heavy atom. The molecule has 0 unspecified atom stereocenters. The average molecular weight is 250 g/mol. The minimum Gasteiger partial charge on any atom is -0.338 e. The van der Waals surface area contributed by atoms with E-state index in [0.29, 0.717) is 11.6 Å². The normalized spacial score (nSPS) is 15.8. The quantitative estimate of drug-likeness (QED) is 0.610. The topological polar surface area (TPSA) is 71.2 Å². The molecule has 1 aromatic heterocycles. The molecule has 18 heavy (non-hydrogen) atoms. The first-order valence-electron chi connectivity index (χ1n) is 6.46. The molecule has 0 radical (unpaired) electrons. The number of rotatable bonds is 2. The van der Waals surface area contributed by atoms with E-state index in [-0.39, 0.29) is 5.91 Å². The first-order valence-corrected chi connectivity index (χ1v) is 6.46. The molecule has 100 valence electrons. The fourth-order valence-electron chi connectivity index (χ4n) is 1.92. The smallest absolute Gasteiger partial charge is 0.255 e. The number of pyridine rings is 1. The number of hydrazine groups is 1. The van der Waals surface area contributed by atoms with Crippen LogP contribution in [0.5, 0.6) is 0 Å². The highest BCUT2D eigenvalue weighted by molar-refractivity contribution is 5.93. The Bertz CT molecular complexity index is 347. The van der Waals surface area contributed by atoms with Crippen molar-refractivity contribution in [1.82, 2.24) is 15.3 Å². The third-order valence-corrected chi connectivity index (χ3v) is 2.93. The van der Waals surface area contributed by atoms with Gasteiger partial charge in [-0.3, -0.25) is 21.0 Å². The van der Waals surface area contributed by atoms with E-state index in [1.165, 1.54) is 0 Å². The van der Waals surface area contributed by atoms with Crippen LogP contribution in [0.2, 0.25) is 0 Å². The van der Waals surface area contributed by atoms with Crippen LogP contribution in [0.4, 0.5) is 0 Å². The maximum atomic E-state index is 12.0. The van der Waals surface area contributed by atoms with Crippen LogP contribution in [0.1, 0.15) is 37.0 Å². The summed E-state index contributed by atoms with van der Waals surface area (Å²) in [7, 11) is 0. The summed E-state index contributed by atoms with van der Waals surface area (Å²) in [5.74, 6) is 5.43. The molecule has 5 nitrogen and oxygen atoms in total. The van der Waals surface area contributed by atoms with Crippen molar-refractivity contribution in [2.75, 3.05) is 13.1 Å². The van der Waals surface area contributed by atoms with Crippen LogP contribution >= 0.6 is 0 Å². The Balaban J connectivity index is 0.000000771. The van der Waals surface area contributed by atoms with Crippen LogP contribution in [0, 0.1) is 0 Å². The van der Waals surface area contributed by atoms with Gasteiger partial charge in [-0.15, -0.1) is 0 Å². The van der Waals surface area contributed by atoms with E-state index in [4.69, 9.17) is 5.84 Å². The second-order valence-corrected chi connectivity index (χ2v) is 3.97. The van der Waals surface area contributed by atoms with Crippen molar-refractivity contribution in [1.29, 1.82) is 0 Å². The van der Waals surface area contributed by atoms with Crippen LogP contribution in [-0.4, -0.2) is 34.9 Å². The molecule has 0 aromatic carbocycles. The Morgan fingerprint density at radius 1 is 1.44 bits per heavy atom. The van der Waals surface area contributed by atoms with Crippen molar-refractivity contribution in [3.8, 4) is 0 Å². The zero-order valence-corrected chi connectivity index (χ0v) is 11.1. The Morgan fingerprint density at radius 3 is 2.61 bits per heavy atom. The summed E-state index contributed by atoms with van der Waals surface area (Å²) >= 11 is 0. The van der Waals surface area contributed by atoms with Crippen molar-refractivity contribution >= 4 is 5.91 Å². The Kier molecular flexibility index (Phi) is 6.32. The number of carbonyl (C=O) groups is 1. The minimum atomic E-state index is 0.0589. The van der Waals surface area contributed by atoms with Gasteiger partial charge in [-0.05, 0) is 25.0 Å². The van der Waals surface area contributed by atoms with Gasteiger partial charge in [0, 0.05) is 31.5 Å². The number of piperidine rings is 1. The van der Waals surface area contributed by atoms with Crippen LogP contribution in [0.15, 0.2) is 24.5 Å². The highest BCUT2D eigenvalue weighted by Crippen LogP contribution is 2.12. The summed E-state index contributed by atoms with van der Waals surface area (Å²) in [6.45, 7) is 5.51. The van der Waals surface area contributed by atoms with Gasteiger partial charge in [0.05, 0.1) is 5.56 Å². The van der Waals surface area contributed by atoms with Crippen LogP contribution < -0.4 is 11.3 Å². The Hall–Kier alpha value is -1.46. The second-order valence-electron chi connectivity index (χ2n) is 3.97. The van der Waals surface area contributed by atoms with Crippen molar-refractivity contribution in [2.24, 2.45) is 5.84 Å². The van der Waals surface area contributed by atoms with E-state index in [9.17, 15) is 4.79 Å². The summed E-state index contributed by atoms with van der Waals surface area (Å²) < 4.78 is 0. The molecule has 1 saturated heterocycles. The molecule has 0 saturated carbocycles. The van der Waals surface area contributed by atoms with E-state index in [1.807, 2.05) is 18.7 Å². The third-order valence-electron chi connectivity index (χ3n) is 2.93. The highest BCUT2D eigenvalue weighted by Gasteiger charge is 2.22. The summed E-state index contributed by atoms with van der Waals surface area (Å²) in [5.41, 5.74) is 3.41. The molecule has 0 spiro atoms. The summed E-state index contributed by atoms with van der Waals surface area (Å²) in [5, 5.41) is 0. The van der Waals surface area contributed by atoms with Crippen LogP contribution in [0.3, 0.4) is 0 Å². The number of carbonyl (C=O) groups excluding carboxylic acids is 1. The average Bonchev–Trinajstić information content (AvgIpc) is 2.49. The van der Waals surface area contributed by atoms with Gasteiger partial charge in [0.1, 0.15) is 0 Å². The molecule has 3 N–H and O–H groups in total. The standard InChI is InChI=1S/C11H16N4O.C2H6/c12-14-10-3-6-15(7-4-10)11(16)9-2-1-5-13-8-9;1-2/h1-2,5,8,10,14H,3-4,6-7,12H2;1-2H3. The lowest BCUT2D eigenvalue weighted by molar-refractivity contribution is 0.0705. The number of nitrogens with one attached hydrogen (secondary N) is 1. The number of amides is 1. The van der Waals surface area contributed by atoms with E-state index < -0.39 is 0 Å². The monoisotopic (exact) mass is 250 g/mol. The molecule has 5 heteroatoms. The molecule has 1 amide bonds. The summed E-state index contributed by atoms with van der Waals surface area (Å²) in [6, 6.07) is 3.90. The van der Waals surface area contributed by atoms with Crippen molar-refractivity contribution in [2.45, 2.75) is 32.7 Å². The fourth-order valence-corrected chi connectivity index (χ4v) is 1.92. The van der Waals surface area contributed by atoms with E-state index >= 15 is 0 Å². The van der Waals surface area contributed by atoms with Gasteiger partial charge in [-0.1, -0.05) is 13.8 Å². The predicted octanol–water partition coefficient (Wildman–Crippen LogP) is 1.18. The fraction of sp³-hybridized carbons (Fsp3) is 0.538. The van der Waals surface area contributed by atoms with E-state index in [0.717, 1.165) is 25.9 Å². The number of nitrogens with two attached hydrogens (primary N) is 1. The zero-order valence-electron chi connectivity index (χ0n) is 11.1. The van der Waals surface area contributed by atoms with Gasteiger partial charge in [0.25, 0.3) is 5.91 Å². The van der Waals surface area contributed by atoms with Crippen molar-refractivity contribution < 1.29 is 4.79 Å². The second kappa shape index (κ2) is 7.79. The molecule has 1 aliphatic heterocycles. The van der Waals surface area contributed by atoms with Gasteiger partial charge < -0.3 is 4.90 Å². The molecule has 0 bridgehead atoms. The first kappa shape index (κ1) is 14.6. The summed E-state index contributed by atoms with van der Waals surface area (Å²) in [6.07, 6.45) is 5.09. The zero-order chi connectivity index (χ0) is 13.4. The van der Waals surface area contributed by atoms with Gasteiger partial charge in [0.15, 0.2) is 0 Å². The number of nitrogens with zero attached hydrogens (tertiary/aromatic N) is 2. The molecule has 2 rings (SSSR count). The molecule has 0 atom stereocenters. The predicted molar refractivity (Wildman–Crippen MR) is 71.8 cm³/mol. The molecular weight excluding hydrogens is 228 g/mol. The van der Waals surface area contributed by atoms with E-state index in [1.54, 1.807) is 24.5 Å². The van der Waals surface area contributed by atoms with E-state index in [2.05, 4.69) is 10.4 Å².